The SMILES string of the molecule is CC(C)(C)c1ccc2c(ccn3c4cc(C#N)c(C#N)cc4nc23)n1. The Balaban J connectivity index is 2.08. The summed E-state index contributed by atoms with van der Waals surface area (Å²) in [6.45, 7) is 6.41. The largest absolute Gasteiger partial charge is 0.299 e. The summed E-state index contributed by atoms with van der Waals surface area (Å²) < 4.78 is 1.94. The van der Waals surface area contributed by atoms with Crippen LogP contribution in [0.3, 0.4) is 0 Å². The molecule has 4 rings (SSSR count). The molecule has 0 aliphatic rings. The van der Waals surface area contributed by atoms with Gasteiger partial charge >= 0.3 is 0 Å². The molecule has 0 bridgehead atoms. The van der Waals surface area contributed by atoms with E-state index in [2.05, 4.69) is 37.9 Å². The Morgan fingerprint density at radius 3 is 2.32 bits per heavy atom. The van der Waals surface area contributed by atoms with E-state index in [9.17, 15) is 10.5 Å². The molecule has 5 heteroatoms. The van der Waals surface area contributed by atoms with Gasteiger partial charge in [0.1, 0.15) is 17.8 Å². The van der Waals surface area contributed by atoms with E-state index < -0.39 is 0 Å². The lowest BCUT2D eigenvalue weighted by atomic mass is 9.91. The second kappa shape index (κ2) is 5.03. The highest BCUT2D eigenvalue weighted by Gasteiger charge is 2.17. The molecule has 0 N–H and O–H groups in total. The Hall–Kier alpha value is -3.44. The van der Waals surface area contributed by atoms with E-state index in [-0.39, 0.29) is 5.41 Å². The zero-order chi connectivity index (χ0) is 17.8. The summed E-state index contributed by atoms with van der Waals surface area (Å²) in [6, 6.07) is 13.6. The van der Waals surface area contributed by atoms with Gasteiger partial charge in [-0.25, -0.2) is 4.98 Å². The van der Waals surface area contributed by atoms with Crippen LogP contribution in [0.1, 0.15) is 37.6 Å². The van der Waals surface area contributed by atoms with Crippen LogP contribution in [0.2, 0.25) is 0 Å². The first-order valence-corrected chi connectivity index (χ1v) is 7.98. The highest BCUT2D eigenvalue weighted by Crippen LogP contribution is 2.28. The molecule has 0 aliphatic heterocycles. The predicted octanol–water partition coefficient (Wildman–Crippen LogP) is 4.08. The molecular formula is C20H15N5. The molecule has 1 aromatic carbocycles. The minimum atomic E-state index is -0.0240. The van der Waals surface area contributed by atoms with Crippen LogP contribution in [0.5, 0.6) is 0 Å². The van der Waals surface area contributed by atoms with Crippen LogP contribution >= 0.6 is 0 Å². The topological polar surface area (TPSA) is 77.8 Å². The van der Waals surface area contributed by atoms with E-state index in [1.54, 1.807) is 12.1 Å². The van der Waals surface area contributed by atoms with E-state index in [1.807, 2.05) is 28.8 Å². The van der Waals surface area contributed by atoms with Crippen LogP contribution in [0.25, 0.3) is 27.6 Å². The molecule has 0 saturated heterocycles. The molecule has 0 saturated carbocycles. The van der Waals surface area contributed by atoms with E-state index >= 15 is 0 Å². The van der Waals surface area contributed by atoms with Crippen molar-refractivity contribution >= 4 is 27.6 Å². The Morgan fingerprint density at radius 2 is 1.64 bits per heavy atom. The second-order valence-corrected chi connectivity index (χ2v) is 7.11. The summed E-state index contributed by atoms with van der Waals surface area (Å²) in [5.74, 6) is 0. The first kappa shape index (κ1) is 15.1. The number of benzene rings is 1. The maximum Gasteiger partial charge on any atom is 0.147 e. The lowest BCUT2D eigenvalue weighted by molar-refractivity contribution is 0.571. The molecule has 3 aromatic heterocycles. The summed E-state index contributed by atoms with van der Waals surface area (Å²) in [7, 11) is 0. The van der Waals surface area contributed by atoms with Crippen molar-refractivity contribution in [1.82, 2.24) is 14.4 Å². The minimum absolute atomic E-state index is 0.0240. The van der Waals surface area contributed by atoms with E-state index in [1.165, 1.54) is 0 Å². The molecule has 0 amide bonds. The van der Waals surface area contributed by atoms with Crippen LogP contribution in [-0.4, -0.2) is 14.4 Å². The van der Waals surface area contributed by atoms with Crippen molar-refractivity contribution in [3.63, 3.8) is 0 Å². The zero-order valence-electron chi connectivity index (χ0n) is 14.2. The number of fused-ring (bicyclic) bond motifs is 5. The van der Waals surface area contributed by atoms with Gasteiger partial charge in [0, 0.05) is 22.7 Å². The van der Waals surface area contributed by atoms with Crippen molar-refractivity contribution in [1.29, 1.82) is 10.5 Å². The van der Waals surface area contributed by atoms with Crippen molar-refractivity contribution in [2.24, 2.45) is 0 Å². The van der Waals surface area contributed by atoms with Crippen LogP contribution in [0.15, 0.2) is 36.5 Å². The minimum Gasteiger partial charge on any atom is -0.299 e. The molecule has 0 fully saturated rings. The summed E-state index contributed by atoms with van der Waals surface area (Å²) in [5.41, 5.74) is 4.88. The first-order chi connectivity index (χ1) is 11.9. The lowest BCUT2D eigenvalue weighted by Gasteiger charge is -2.18. The number of rotatable bonds is 0. The van der Waals surface area contributed by atoms with Crippen molar-refractivity contribution in [3.05, 3.63) is 53.3 Å². The fraction of sp³-hybridized carbons (Fsp3) is 0.200. The van der Waals surface area contributed by atoms with Gasteiger partial charge in [-0.15, -0.1) is 0 Å². The van der Waals surface area contributed by atoms with Crippen molar-refractivity contribution in [2.75, 3.05) is 0 Å². The molecular weight excluding hydrogens is 310 g/mol. The highest BCUT2D eigenvalue weighted by atomic mass is 15.0. The molecule has 5 nitrogen and oxygen atoms in total. The zero-order valence-corrected chi connectivity index (χ0v) is 14.2. The van der Waals surface area contributed by atoms with E-state index in [4.69, 9.17) is 4.98 Å². The maximum atomic E-state index is 9.26. The number of aromatic nitrogens is 3. The average molecular weight is 325 g/mol. The number of imidazole rings is 1. The van der Waals surface area contributed by atoms with Crippen molar-refractivity contribution in [2.45, 2.75) is 26.2 Å². The van der Waals surface area contributed by atoms with Gasteiger partial charge in [-0.3, -0.25) is 9.38 Å². The highest BCUT2D eigenvalue weighted by molar-refractivity contribution is 5.97. The molecule has 0 spiro atoms. The predicted molar refractivity (Wildman–Crippen MR) is 96.1 cm³/mol. The summed E-state index contributed by atoms with van der Waals surface area (Å²) in [4.78, 5) is 9.46. The fourth-order valence-electron chi connectivity index (χ4n) is 3.02. The molecule has 0 aliphatic carbocycles. The smallest absolute Gasteiger partial charge is 0.147 e. The molecule has 0 atom stereocenters. The van der Waals surface area contributed by atoms with Crippen LogP contribution in [0, 0.1) is 22.7 Å². The van der Waals surface area contributed by atoms with Gasteiger partial charge in [0.25, 0.3) is 0 Å². The Kier molecular flexibility index (Phi) is 3.04. The lowest BCUT2D eigenvalue weighted by Crippen LogP contribution is -2.13. The third kappa shape index (κ3) is 2.21. The van der Waals surface area contributed by atoms with E-state index in [0.717, 1.165) is 27.8 Å². The van der Waals surface area contributed by atoms with Crippen molar-refractivity contribution < 1.29 is 0 Å². The molecule has 0 unspecified atom stereocenters. The third-order valence-corrected chi connectivity index (χ3v) is 4.39. The summed E-state index contributed by atoms with van der Waals surface area (Å²) in [5, 5.41) is 19.4. The Labute approximate surface area is 144 Å². The summed E-state index contributed by atoms with van der Waals surface area (Å²) in [6.07, 6.45) is 1.92. The second-order valence-electron chi connectivity index (χ2n) is 7.11. The van der Waals surface area contributed by atoms with Crippen molar-refractivity contribution in [3.8, 4) is 12.1 Å². The average Bonchev–Trinajstić information content (AvgIpc) is 2.96. The molecule has 120 valence electrons. The van der Waals surface area contributed by atoms with Gasteiger partial charge in [-0.2, -0.15) is 10.5 Å². The van der Waals surface area contributed by atoms with Gasteiger partial charge in [0.15, 0.2) is 0 Å². The molecule has 3 heterocycles. The number of hydrogen-bond acceptors (Lipinski definition) is 4. The quantitative estimate of drug-likeness (QED) is 0.488. The first-order valence-electron chi connectivity index (χ1n) is 7.98. The van der Waals surface area contributed by atoms with E-state index in [0.29, 0.717) is 16.6 Å². The monoisotopic (exact) mass is 325 g/mol. The van der Waals surface area contributed by atoms with Gasteiger partial charge in [-0.1, -0.05) is 20.8 Å². The summed E-state index contributed by atoms with van der Waals surface area (Å²) >= 11 is 0. The Morgan fingerprint density at radius 1 is 0.920 bits per heavy atom. The molecule has 25 heavy (non-hydrogen) atoms. The number of pyridine rings is 2. The van der Waals surface area contributed by atoms with Gasteiger partial charge in [-0.05, 0) is 30.3 Å². The normalized spacial score (nSPS) is 11.7. The third-order valence-electron chi connectivity index (χ3n) is 4.39. The number of nitrogens with zero attached hydrogens (tertiary/aromatic N) is 5. The van der Waals surface area contributed by atoms with Crippen LogP contribution in [0.4, 0.5) is 0 Å². The number of hydrogen-bond donors (Lipinski definition) is 0. The van der Waals surface area contributed by atoms with Gasteiger partial charge in [0.2, 0.25) is 0 Å². The maximum absolute atomic E-state index is 9.26. The van der Waals surface area contributed by atoms with Gasteiger partial charge in [0.05, 0.1) is 27.7 Å². The van der Waals surface area contributed by atoms with Gasteiger partial charge < -0.3 is 0 Å². The Bertz CT molecular complexity index is 1240. The fourth-order valence-corrected chi connectivity index (χ4v) is 3.02. The van der Waals surface area contributed by atoms with Crippen LogP contribution < -0.4 is 0 Å². The molecule has 4 aromatic rings. The van der Waals surface area contributed by atoms with Crippen LogP contribution in [-0.2, 0) is 5.41 Å². The number of nitriles is 2. The standard InChI is InChI=1S/C20H15N5/c1-20(2,3)18-5-4-14-15(23-18)6-7-25-17-9-13(11-22)12(10-21)8-16(17)24-19(14)25/h4-9H,1-3H3. The molecule has 0 radical (unpaired) electrons.